The zero-order valence-corrected chi connectivity index (χ0v) is 17.1. The fourth-order valence-electron chi connectivity index (χ4n) is 3.39. The lowest BCUT2D eigenvalue weighted by Gasteiger charge is -2.30. The molecule has 154 valence electrons. The van der Waals surface area contributed by atoms with Crippen molar-refractivity contribution in [2.75, 3.05) is 31.2 Å². The number of carbonyl (C=O) groups is 1. The van der Waals surface area contributed by atoms with E-state index in [0.717, 1.165) is 42.1 Å². The van der Waals surface area contributed by atoms with E-state index in [0.29, 0.717) is 10.3 Å². The number of morpholine rings is 1. The lowest BCUT2D eigenvalue weighted by atomic mass is 10.1. The lowest BCUT2D eigenvalue weighted by Crippen LogP contribution is -2.36. The second-order valence-corrected chi connectivity index (χ2v) is 8.02. The Hall–Kier alpha value is -3.30. The molecule has 30 heavy (non-hydrogen) atoms. The molecule has 1 aliphatic rings. The van der Waals surface area contributed by atoms with Gasteiger partial charge in [0, 0.05) is 41.0 Å². The number of benzene rings is 2. The number of hydrogen-bond donors (Lipinski definition) is 1. The van der Waals surface area contributed by atoms with E-state index in [1.54, 1.807) is 18.3 Å². The van der Waals surface area contributed by atoms with Gasteiger partial charge in [-0.1, -0.05) is 6.07 Å². The fourth-order valence-corrected chi connectivity index (χ4v) is 4.33. The topological polar surface area (TPSA) is 97.1 Å². The maximum absolute atomic E-state index is 12.4. The van der Waals surface area contributed by atoms with Crippen LogP contribution in [0, 0.1) is 17.0 Å². The molecule has 9 heteroatoms. The van der Waals surface area contributed by atoms with Crippen molar-refractivity contribution in [3.8, 4) is 0 Å². The average Bonchev–Trinajstić information content (AvgIpc) is 3.18. The molecule has 0 aliphatic carbocycles. The minimum atomic E-state index is -0.451. The van der Waals surface area contributed by atoms with Crippen LogP contribution in [0.1, 0.15) is 20.8 Å². The fraction of sp³-hybridized carbons (Fsp3) is 0.238. The highest BCUT2D eigenvalue weighted by molar-refractivity contribution is 7.20. The predicted octanol–water partition coefficient (Wildman–Crippen LogP) is 3.72. The number of thiophene rings is 1. The first kappa shape index (κ1) is 20.0. The van der Waals surface area contributed by atoms with Crippen LogP contribution in [0.3, 0.4) is 0 Å². The zero-order valence-electron chi connectivity index (χ0n) is 16.3. The van der Waals surface area contributed by atoms with E-state index in [4.69, 9.17) is 4.74 Å². The molecule has 1 aliphatic heterocycles. The summed E-state index contributed by atoms with van der Waals surface area (Å²) < 4.78 is 6.21. The van der Waals surface area contributed by atoms with E-state index < -0.39 is 4.92 Å². The van der Waals surface area contributed by atoms with Gasteiger partial charge in [-0.3, -0.25) is 14.9 Å². The molecule has 4 rings (SSSR count). The quantitative estimate of drug-likeness (QED) is 0.382. The lowest BCUT2D eigenvalue weighted by molar-refractivity contribution is -0.384. The van der Waals surface area contributed by atoms with Crippen molar-refractivity contribution in [2.24, 2.45) is 5.10 Å². The highest BCUT2D eigenvalue weighted by Crippen LogP contribution is 2.29. The van der Waals surface area contributed by atoms with Crippen LogP contribution in [-0.2, 0) is 4.74 Å². The van der Waals surface area contributed by atoms with Crippen LogP contribution in [0.2, 0.25) is 0 Å². The molecular weight excluding hydrogens is 404 g/mol. The molecule has 2 aromatic carbocycles. The number of nitrogens with one attached hydrogen (secondary N) is 1. The Morgan fingerprint density at radius 1 is 1.23 bits per heavy atom. The molecular formula is C21H20N4O4S. The van der Waals surface area contributed by atoms with Gasteiger partial charge in [-0.2, -0.15) is 5.10 Å². The zero-order chi connectivity index (χ0) is 21.1. The van der Waals surface area contributed by atoms with Gasteiger partial charge in [-0.05, 0) is 42.3 Å². The largest absolute Gasteiger partial charge is 0.378 e. The Morgan fingerprint density at radius 2 is 2.03 bits per heavy atom. The van der Waals surface area contributed by atoms with Gasteiger partial charge in [-0.15, -0.1) is 11.3 Å². The SMILES string of the molecule is Cc1cc(C=NNC(=O)c2cc3cc([N+](=O)[O-])ccc3s2)ccc1N1CCOCC1. The average molecular weight is 424 g/mol. The van der Waals surface area contributed by atoms with Gasteiger partial charge in [0.25, 0.3) is 11.6 Å². The number of hydrogen-bond acceptors (Lipinski definition) is 7. The summed E-state index contributed by atoms with van der Waals surface area (Å²) in [6.45, 7) is 5.28. The number of rotatable bonds is 5. The van der Waals surface area contributed by atoms with Gasteiger partial charge in [0.1, 0.15) is 0 Å². The van der Waals surface area contributed by atoms with Gasteiger partial charge >= 0.3 is 0 Å². The molecule has 0 bridgehead atoms. The highest BCUT2D eigenvalue weighted by Gasteiger charge is 2.14. The number of fused-ring (bicyclic) bond motifs is 1. The number of aryl methyl sites for hydroxylation is 1. The summed E-state index contributed by atoms with van der Waals surface area (Å²) in [6.07, 6.45) is 1.60. The molecule has 0 unspecified atom stereocenters. The molecule has 0 atom stereocenters. The first-order valence-corrected chi connectivity index (χ1v) is 10.3. The third-order valence-corrected chi connectivity index (χ3v) is 6.00. The molecule has 3 aromatic rings. The Kier molecular flexibility index (Phi) is 5.73. The monoisotopic (exact) mass is 424 g/mol. The molecule has 1 aromatic heterocycles. The van der Waals surface area contributed by atoms with Gasteiger partial charge in [0.2, 0.25) is 0 Å². The molecule has 1 amide bonds. The van der Waals surface area contributed by atoms with Crippen molar-refractivity contribution in [3.05, 3.63) is 68.6 Å². The Labute approximate surface area is 176 Å². The van der Waals surface area contributed by atoms with Gasteiger partial charge in [0.05, 0.1) is 29.2 Å². The molecule has 1 fully saturated rings. The molecule has 0 spiro atoms. The summed E-state index contributed by atoms with van der Waals surface area (Å²) in [6, 6.07) is 12.2. The normalized spacial score (nSPS) is 14.4. The molecule has 0 saturated carbocycles. The van der Waals surface area contributed by atoms with Crippen LogP contribution in [0.5, 0.6) is 0 Å². The predicted molar refractivity (Wildman–Crippen MR) is 118 cm³/mol. The standard InChI is InChI=1S/C21H20N4O4S/c1-14-10-15(2-4-18(14)24-6-8-29-9-7-24)13-22-23-21(26)20-12-16-11-17(25(27)28)3-5-19(16)30-20/h2-5,10-13H,6-9H2,1H3,(H,23,26). The second-order valence-electron chi connectivity index (χ2n) is 6.93. The minimum Gasteiger partial charge on any atom is -0.378 e. The van der Waals surface area contributed by atoms with Crippen LogP contribution >= 0.6 is 11.3 Å². The minimum absolute atomic E-state index is 0.00109. The number of anilines is 1. The van der Waals surface area contributed by atoms with Crippen LogP contribution in [0.15, 0.2) is 47.6 Å². The summed E-state index contributed by atoms with van der Waals surface area (Å²) in [4.78, 5) is 25.6. The van der Waals surface area contributed by atoms with Crippen LogP contribution in [0.4, 0.5) is 11.4 Å². The number of carbonyl (C=O) groups excluding carboxylic acids is 1. The third-order valence-electron chi connectivity index (χ3n) is 4.89. The number of amides is 1. The van der Waals surface area contributed by atoms with Crippen molar-refractivity contribution in [3.63, 3.8) is 0 Å². The van der Waals surface area contributed by atoms with Crippen LogP contribution in [0.25, 0.3) is 10.1 Å². The first-order chi connectivity index (χ1) is 14.5. The summed E-state index contributed by atoms with van der Waals surface area (Å²) in [7, 11) is 0. The summed E-state index contributed by atoms with van der Waals surface area (Å²) in [5, 5.41) is 15.6. The van der Waals surface area contributed by atoms with Gasteiger partial charge in [0.15, 0.2) is 0 Å². The van der Waals surface area contributed by atoms with E-state index in [1.165, 1.54) is 29.2 Å². The number of hydrazone groups is 1. The number of non-ortho nitro benzene ring substituents is 1. The Morgan fingerprint density at radius 3 is 2.77 bits per heavy atom. The van der Waals surface area contributed by atoms with E-state index in [-0.39, 0.29) is 11.6 Å². The van der Waals surface area contributed by atoms with E-state index in [9.17, 15) is 14.9 Å². The number of ether oxygens (including phenoxy) is 1. The number of nitrogens with zero attached hydrogens (tertiary/aromatic N) is 3. The maximum atomic E-state index is 12.4. The van der Waals surface area contributed by atoms with Crippen molar-refractivity contribution in [1.29, 1.82) is 0 Å². The third kappa shape index (κ3) is 4.32. The van der Waals surface area contributed by atoms with E-state index in [1.807, 2.05) is 12.1 Å². The summed E-state index contributed by atoms with van der Waals surface area (Å²) >= 11 is 1.27. The highest BCUT2D eigenvalue weighted by atomic mass is 32.1. The second kappa shape index (κ2) is 8.60. The number of nitro groups is 1. The van der Waals surface area contributed by atoms with E-state index in [2.05, 4.69) is 28.4 Å². The summed E-state index contributed by atoms with van der Waals surface area (Å²) in [5.41, 5.74) is 5.73. The van der Waals surface area contributed by atoms with Crippen molar-refractivity contribution >= 4 is 44.9 Å². The van der Waals surface area contributed by atoms with Crippen molar-refractivity contribution < 1.29 is 14.5 Å². The molecule has 1 saturated heterocycles. The van der Waals surface area contributed by atoms with E-state index >= 15 is 0 Å². The molecule has 8 nitrogen and oxygen atoms in total. The Balaban J connectivity index is 1.42. The summed E-state index contributed by atoms with van der Waals surface area (Å²) in [5.74, 6) is -0.350. The van der Waals surface area contributed by atoms with Crippen LogP contribution in [-0.4, -0.2) is 43.3 Å². The van der Waals surface area contributed by atoms with Gasteiger partial charge < -0.3 is 9.64 Å². The molecule has 2 heterocycles. The van der Waals surface area contributed by atoms with Crippen molar-refractivity contribution in [1.82, 2.24) is 5.43 Å². The van der Waals surface area contributed by atoms with Crippen molar-refractivity contribution in [2.45, 2.75) is 6.92 Å². The molecule has 0 radical (unpaired) electrons. The smallest absolute Gasteiger partial charge is 0.281 e. The maximum Gasteiger partial charge on any atom is 0.281 e. The number of nitro benzene ring substituents is 1. The first-order valence-electron chi connectivity index (χ1n) is 9.46. The Bertz CT molecular complexity index is 1140. The molecule has 1 N–H and O–H groups in total. The van der Waals surface area contributed by atoms with Crippen LogP contribution < -0.4 is 10.3 Å². The van der Waals surface area contributed by atoms with Gasteiger partial charge in [-0.25, -0.2) is 5.43 Å².